The number of allylic oxidation sites excluding steroid dienone is 2. The summed E-state index contributed by atoms with van der Waals surface area (Å²) in [6, 6.07) is 0. The molecular formula is C13H21FO2. The summed E-state index contributed by atoms with van der Waals surface area (Å²) in [7, 11) is 0. The number of halogens is 1. The van der Waals surface area contributed by atoms with Crippen molar-refractivity contribution < 1.29 is 13.9 Å². The first-order chi connectivity index (χ1) is 7.54. The van der Waals surface area contributed by atoms with E-state index in [-0.39, 0.29) is 11.4 Å². The van der Waals surface area contributed by atoms with Gasteiger partial charge < -0.3 is 4.74 Å². The summed E-state index contributed by atoms with van der Waals surface area (Å²) in [5.74, 6) is -0.919. The Kier molecular flexibility index (Phi) is 11.1. The molecule has 0 rings (SSSR count). The maximum atomic E-state index is 12.9. The second kappa shape index (κ2) is 10.3. The van der Waals surface area contributed by atoms with Crippen LogP contribution in [0.4, 0.5) is 4.39 Å². The molecule has 0 spiro atoms. The summed E-state index contributed by atoms with van der Waals surface area (Å²) in [6.45, 7) is 14.0. The lowest BCUT2D eigenvalue weighted by Crippen LogP contribution is -2.24. The van der Waals surface area contributed by atoms with Crippen molar-refractivity contribution in [3.8, 4) is 0 Å². The topological polar surface area (TPSA) is 26.3 Å². The fraction of sp³-hybridized carbons (Fsp3) is 0.462. The Bertz CT molecular complexity index is 267. The predicted molar refractivity (Wildman–Crippen MR) is 66.0 cm³/mol. The highest BCUT2D eigenvalue weighted by Crippen LogP contribution is 2.17. The largest absolute Gasteiger partial charge is 0.366 e. The molecule has 16 heavy (non-hydrogen) atoms. The van der Waals surface area contributed by atoms with Crippen LogP contribution in [0, 0.1) is 0 Å². The van der Waals surface area contributed by atoms with Crippen LogP contribution in [0.25, 0.3) is 0 Å². The van der Waals surface area contributed by atoms with Gasteiger partial charge in [0.15, 0.2) is 5.78 Å². The van der Waals surface area contributed by atoms with Crippen LogP contribution < -0.4 is 0 Å². The predicted octanol–water partition coefficient (Wildman–Crippen LogP) is 3.60. The summed E-state index contributed by atoms with van der Waals surface area (Å²) in [5.41, 5.74) is 0.134. The van der Waals surface area contributed by atoms with E-state index in [0.29, 0.717) is 6.61 Å². The second-order valence-corrected chi connectivity index (χ2v) is 2.71. The fourth-order valence-electron chi connectivity index (χ4n) is 1.04. The number of rotatable bonds is 6. The van der Waals surface area contributed by atoms with Crippen LogP contribution in [0.1, 0.15) is 27.7 Å². The lowest BCUT2D eigenvalue weighted by atomic mass is 10.1. The molecule has 0 radical (unpaired) electrons. The summed E-state index contributed by atoms with van der Waals surface area (Å²) in [6.07, 6.45) is 1.91. The van der Waals surface area contributed by atoms with Crippen molar-refractivity contribution in [2.75, 3.05) is 6.61 Å². The Balaban J connectivity index is 0. The highest BCUT2D eigenvalue weighted by molar-refractivity contribution is 5.84. The molecule has 1 atom stereocenters. The molecule has 92 valence electrons. The average Bonchev–Trinajstić information content (AvgIpc) is 2.25. The summed E-state index contributed by atoms with van der Waals surface area (Å²) >= 11 is 0. The molecule has 0 amide bonds. The Morgan fingerprint density at radius 2 is 2.00 bits per heavy atom. The van der Waals surface area contributed by atoms with E-state index in [4.69, 9.17) is 4.74 Å². The second-order valence-electron chi connectivity index (χ2n) is 2.71. The van der Waals surface area contributed by atoms with Gasteiger partial charge in [-0.05, 0) is 13.8 Å². The minimum atomic E-state index is -0.879. The van der Waals surface area contributed by atoms with Gasteiger partial charge >= 0.3 is 0 Å². The normalized spacial score (nSPS) is 12.2. The first-order valence-electron chi connectivity index (χ1n) is 5.34. The van der Waals surface area contributed by atoms with Gasteiger partial charge in [-0.15, -0.1) is 0 Å². The van der Waals surface area contributed by atoms with Crippen molar-refractivity contribution in [3.63, 3.8) is 0 Å². The molecular weight excluding hydrogens is 207 g/mol. The Labute approximate surface area is 97.5 Å². The molecule has 0 aliphatic carbocycles. The molecule has 1 unspecified atom stereocenters. The molecule has 0 bridgehead atoms. The van der Waals surface area contributed by atoms with Crippen LogP contribution in [0.5, 0.6) is 0 Å². The first-order valence-corrected chi connectivity index (χ1v) is 5.34. The molecule has 0 saturated carbocycles. The van der Waals surface area contributed by atoms with Gasteiger partial charge in [0.1, 0.15) is 11.9 Å². The summed E-state index contributed by atoms with van der Waals surface area (Å²) in [5, 5.41) is 0. The molecule has 0 aliphatic rings. The molecule has 0 aromatic rings. The molecule has 3 heteroatoms. The lowest BCUT2D eigenvalue weighted by molar-refractivity contribution is -0.125. The van der Waals surface area contributed by atoms with E-state index in [1.807, 2.05) is 13.8 Å². The van der Waals surface area contributed by atoms with Gasteiger partial charge in [0.2, 0.25) is 0 Å². The van der Waals surface area contributed by atoms with Gasteiger partial charge in [-0.2, -0.15) is 0 Å². The Morgan fingerprint density at radius 3 is 2.25 bits per heavy atom. The maximum absolute atomic E-state index is 12.9. The average molecular weight is 228 g/mol. The number of carbonyl (C=O) groups is 1. The number of Topliss-reactive ketones (excluding diaryl/α,β-unsaturated/α-hetero) is 1. The SMILES string of the molecule is C=C/C=C(\C(=C)F)C(OCC)C(C)=O.CC. The molecule has 0 aromatic carbocycles. The minimum Gasteiger partial charge on any atom is -0.366 e. The van der Waals surface area contributed by atoms with Crippen LogP contribution in [0.15, 0.2) is 36.7 Å². The number of carbonyl (C=O) groups excluding carboxylic acids is 1. The number of ketones is 1. The van der Waals surface area contributed by atoms with Crippen LogP contribution in [-0.2, 0) is 9.53 Å². The van der Waals surface area contributed by atoms with E-state index in [2.05, 4.69) is 13.2 Å². The number of ether oxygens (including phenoxy) is 1. The van der Waals surface area contributed by atoms with Gasteiger partial charge in [-0.1, -0.05) is 39.2 Å². The first kappa shape index (κ1) is 17.2. The molecule has 0 fully saturated rings. The monoisotopic (exact) mass is 228 g/mol. The van der Waals surface area contributed by atoms with Gasteiger partial charge in [0.05, 0.1) is 0 Å². The van der Waals surface area contributed by atoms with E-state index < -0.39 is 11.9 Å². The molecule has 0 N–H and O–H groups in total. The zero-order valence-corrected chi connectivity index (χ0v) is 10.5. The minimum absolute atomic E-state index is 0.134. The Morgan fingerprint density at radius 1 is 1.50 bits per heavy atom. The highest BCUT2D eigenvalue weighted by Gasteiger charge is 2.21. The molecule has 0 aliphatic heterocycles. The van der Waals surface area contributed by atoms with E-state index >= 15 is 0 Å². The van der Waals surface area contributed by atoms with E-state index in [1.54, 1.807) is 6.92 Å². The van der Waals surface area contributed by atoms with Gasteiger partial charge in [0.25, 0.3) is 0 Å². The third-order valence-electron chi connectivity index (χ3n) is 1.60. The van der Waals surface area contributed by atoms with Crippen LogP contribution in [0.2, 0.25) is 0 Å². The molecule has 0 saturated heterocycles. The Hall–Kier alpha value is -1.22. The summed E-state index contributed by atoms with van der Waals surface area (Å²) < 4.78 is 18.1. The highest BCUT2D eigenvalue weighted by atomic mass is 19.1. The standard InChI is InChI=1S/C11H15FO2.C2H6/c1-5-7-10(8(3)12)11(9(4)13)14-6-2;1-2/h5,7,11H,1,3,6H2,2,4H3;1-2H3/b10-7+;. The van der Waals surface area contributed by atoms with Crippen LogP contribution >= 0.6 is 0 Å². The van der Waals surface area contributed by atoms with Crippen LogP contribution in [-0.4, -0.2) is 18.5 Å². The smallest absolute Gasteiger partial charge is 0.163 e. The van der Waals surface area contributed by atoms with Crippen molar-refractivity contribution in [1.82, 2.24) is 0 Å². The van der Waals surface area contributed by atoms with Crippen molar-refractivity contribution in [3.05, 3.63) is 36.7 Å². The van der Waals surface area contributed by atoms with Gasteiger partial charge in [-0.3, -0.25) is 4.79 Å². The van der Waals surface area contributed by atoms with E-state index in [9.17, 15) is 9.18 Å². The third-order valence-corrected chi connectivity index (χ3v) is 1.60. The molecule has 0 aromatic heterocycles. The maximum Gasteiger partial charge on any atom is 0.163 e. The number of hydrogen-bond acceptors (Lipinski definition) is 2. The molecule has 0 heterocycles. The van der Waals surface area contributed by atoms with Crippen LogP contribution in [0.3, 0.4) is 0 Å². The molecule has 2 nitrogen and oxygen atoms in total. The van der Waals surface area contributed by atoms with Gasteiger partial charge in [0, 0.05) is 12.2 Å². The number of hydrogen-bond donors (Lipinski definition) is 0. The van der Waals surface area contributed by atoms with E-state index in [0.717, 1.165) is 0 Å². The van der Waals surface area contributed by atoms with Crippen molar-refractivity contribution in [1.29, 1.82) is 0 Å². The third kappa shape index (κ3) is 6.30. The lowest BCUT2D eigenvalue weighted by Gasteiger charge is -2.15. The quantitative estimate of drug-likeness (QED) is 0.649. The van der Waals surface area contributed by atoms with Gasteiger partial charge in [-0.25, -0.2) is 4.39 Å². The van der Waals surface area contributed by atoms with Crippen molar-refractivity contribution in [2.24, 2.45) is 0 Å². The zero-order chi connectivity index (χ0) is 13.1. The zero-order valence-electron chi connectivity index (χ0n) is 10.5. The fourth-order valence-corrected chi connectivity index (χ4v) is 1.04. The van der Waals surface area contributed by atoms with E-state index in [1.165, 1.54) is 19.1 Å². The van der Waals surface area contributed by atoms with Crippen molar-refractivity contribution in [2.45, 2.75) is 33.8 Å². The summed E-state index contributed by atoms with van der Waals surface area (Å²) in [4.78, 5) is 11.1. The van der Waals surface area contributed by atoms with Crippen molar-refractivity contribution >= 4 is 5.78 Å².